The summed E-state index contributed by atoms with van der Waals surface area (Å²) in [6.07, 6.45) is 2.44. The van der Waals surface area contributed by atoms with Gasteiger partial charge >= 0.3 is 0 Å². The molecule has 1 atom stereocenters. The minimum absolute atomic E-state index is 0.0171. The Morgan fingerprint density at radius 1 is 1.29 bits per heavy atom. The second-order valence-corrected chi connectivity index (χ2v) is 6.40. The highest BCUT2D eigenvalue weighted by Crippen LogP contribution is 2.47. The number of aromatic nitrogens is 1. The van der Waals surface area contributed by atoms with Gasteiger partial charge in [0.1, 0.15) is 5.01 Å². The summed E-state index contributed by atoms with van der Waals surface area (Å²) in [4.78, 5) is 6.04. The van der Waals surface area contributed by atoms with Crippen molar-refractivity contribution < 1.29 is 9.47 Å². The molecule has 1 aliphatic rings. The Labute approximate surface area is 128 Å². The van der Waals surface area contributed by atoms with Crippen molar-refractivity contribution >= 4 is 11.3 Å². The van der Waals surface area contributed by atoms with E-state index in [1.165, 1.54) is 23.4 Å². The van der Waals surface area contributed by atoms with E-state index >= 15 is 0 Å². The summed E-state index contributed by atoms with van der Waals surface area (Å²) in [5.74, 6) is 2.04. The number of nitrogens with two attached hydrogens (primary N) is 1. The highest BCUT2D eigenvalue weighted by molar-refractivity contribution is 7.15. The molecule has 21 heavy (non-hydrogen) atoms. The zero-order chi connectivity index (χ0) is 15.0. The molecule has 1 unspecified atom stereocenters. The first-order valence-corrected chi connectivity index (χ1v) is 7.95. The summed E-state index contributed by atoms with van der Waals surface area (Å²) in [6.45, 7) is 2.02. The first kappa shape index (κ1) is 14.4. The lowest BCUT2D eigenvalue weighted by Crippen LogP contribution is -2.05. The van der Waals surface area contributed by atoms with E-state index in [0.29, 0.717) is 5.92 Å². The number of para-hydroxylation sites is 1. The second-order valence-electron chi connectivity index (χ2n) is 5.37. The van der Waals surface area contributed by atoms with E-state index in [2.05, 4.69) is 0 Å². The molecule has 112 valence electrons. The van der Waals surface area contributed by atoms with Crippen molar-refractivity contribution in [1.82, 2.24) is 4.98 Å². The molecule has 4 nitrogen and oxygen atoms in total. The minimum Gasteiger partial charge on any atom is -0.493 e. The van der Waals surface area contributed by atoms with Crippen LogP contribution in [0.2, 0.25) is 0 Å². The van der Waals surface area contributed by atoms with Gasteiger partial charge in [0.05, 0.1) is 25.5 Å². The van der Waals surface area contributed by atoms with Gasteiger partial charge in [-0.05, 0) is 31.9 Å². The lowest BCUT2D eigenvalue weighted by Gasteiger charge is -2.10. The predicted octanol–water partition coefficient (Wildman–Crippen LogP) is 3.72. The van der Waals surface area contributed by atoms with Crippen LogP contribution in [0.4, 0.5) is 0 Å². The van der Waals surface area contributed by atoms with E-state index in [-0.39, 0.29) is 6.04 Å². The molecule has 3 rings (SSSR count). The van der Waals surface area contributed by atoms with Gasteiger partial charge in [0.2, 0.25) is 0 Å². The Bertz CT molecular complexity index is 628. The maximum Gasteiger partial charge on any atom is 0.170 e. The van der Waals surface area contributed by atoms with Gasteiger partial charge in [-0.25, -0.2) is 4.98 Å². The molecule has 0 aliphatic heterocycles. The Hall–Kier alpha value is -1.59. The fourth-order valence-corrected chi connectivity index (χ4v) is 3.62. The summed E-state index contributed by atoms with van der Waals surface area (Å²) < 4.78 is 10.9. The van der Waals surface area contributed by atoms with E-state index in [9.17, 15) is 0 Å². The van der Waals surface area contributed by atoms with Gasteiger partial charge < -0.3 is 15.2 Å². The van der Waals surface area contributed by atoms with Crippen LogP contribution in [0.5, 0.6) is 11.5 Å². The van der Waals surface area contributed by atoms with Gasteiger partial charge in [0, 0.05) is 16.8 Å². The molecule has 1 aliphatic carbocycles. The third kappa shape index (κ3) is 2.63. The Morgan fingerprint density at radius 3 is 2.62 bits per heavy atom. The lowest BCUT2D eigenvalue weighted by molar-refractivity contribution is 0.356. The highest BCUT2D eigenvalue weighted by atomic mass is 32.1. The average molecular weight is 304 g/mol. The summed E-state index contributed by atoms with van der Waals surface area (Å²) in [5.41, 5.74) is 8.26. The van der Waals surface area contributed by atoms with Crippen LogP contribution in [0.3, 0.4) is 0 Å². The van der Waals surface area contributed by atoms with E-state index < -0.39 is 0 Å². The van der Waals surface area contributed by atoms with Crippen molar-refractivity contribution in [3.8, 4) is 22.1 Å². The molecule has 0 bridgehead atoms. The van der Waals surface area contributed by atoms with Crippen LogP contribution in [0, 0.1) is 0 Å². The van der Waals surface area contributed by atoms with E-state index in [0.717, 1.165) is 22.1 Å². The van der Waals surface area contributed by atoms with Crippen LogP contribution in [0.1, 0.15) is 42.3 Å². The zero-order valence-corrected chi connectivity index (χ0v) is 13.4. The van der Waals surface area contributed by atoms with Gasteiger partial charge in [-0.3, -0.25) is 0 Å². The Morgan fingerprint density at radius 2 is 2.05 bits per heavy atom. The largest absolute Gasteiger partial charge is 0.493 e. The molecule has 0 spiro atoms. The van der Waals surface area contributed by atoms with Gasteiger partial charge in [-0.2, -0.15) is 0 Å². The molecule has 5 heteroatoms. The van der Waals surface area contributed by atoms with Gasteiger partial charge in [-0.1, -0.05) is 6.07 Å². The number of thiazole rings is 1. The fraction of sp³-hybridized carbons (Fsp3) is 0.438. The monoisotopic (exact) mass is 304 g/mol. The third-order valence-corrected chi connectivity index (χ3v) is 5.00. The molecule has 2 aromatic rings. The van der Waals surface area contributed by atoms with Crippen LogP contribution in [0.15, 0.2) is 18.2 Å². The van der Waals surface area contributed by atoms with E-state index in [4.69, 9.17) is 20.2 Å². The normalized spacial score (nSPS) is 15.8. The zero-order valence-electron chi connectivity index (χ0n) is 12.6. The molecule has 1 heterocycles. The molecule has 1 aromatic carbocycles. The number of benzene rings is 1. The smallest absolute Gasteiger partial charge is 0.170 e. The Kier molecular flexibility index (Phi) is 3.87. The fourth-order valence-electron chi connectivity index (χ4n) is 2.49. The maximum absolute atomic E-state index is 6.11. The molecule has 2 N–H and O–H groups in total. The van der Waals surface area contributed by atoms with Crippen molar-refractivity contribution in [3.05, 3.63) is 28.8 Å². The van der Waals surface area contributed by atoms with Gasteiger partial charge in [0.15, 0.2) is 11.5 Å². The predicted molar refractivity (Wildman–Crippen MR) is 85.2 cm³/mol. The van der Waals surface area contributed by atoms with Crippen molar-refractivity contribution in [2.24, 2.45) is 5.73 Å². The summed E-state index contributed by atoms with van der Waals surface area (Å²) >= 11 is 1.67. The van der Waals surface area contributed by atoms with E-state index in [1.54, 1.807) is 25.6 Å². The lowest BCUT2D eigenvalue weighted by atomic mass is 10.1. The molecule has 1 fully saturated rings. The second kappa shape index (κ2) is 5.66. The summed E-state index contributed by atoms with van der Waals surface area (Å²) in [5, 5.41) is 0.958. The van der Waals surface area contributed by atoms with Crippen molar-refractivity contribution in [2.75, 3.05) is 14.2 Å². The molecule has 0 amide bonds. The number of ether oxygens (including phenoxy) is 2. The van der Waals surface area contributed by atoms with Crippen LogP contribution in [0.25, 0.3) is 10.6 Å². The van der Waals surface area contributed by atoms with Crippen LogP contribution in [-0.2, 0) is 0 Å². The van der Waals surface area contributed by atoms with E-state index in [1.807, 2.05) is 25.1 Å². The number of nitrogens with zero attached hydrogens (tertiary/aromatic N) is 1. The topological polar surface area (TPSA) is 57.4 Å². The first-order chi connectivity index (χ1) is 10.2. The third-order valence-electron chi connectivity index (χ3n) is 3.69. The van der Waals surface area contributed by atoms with Crippen LogP contribution < -0.4 is 15.2 Å². The molecule has 1 aromatic heterocycles. The highest BCUT2D eigenvalue weighted by Gasteiger charge is 2.31. The van der Waals surface area contributed by atoms with Gasteiger partial charge in [-0.15, -0.1) is 11.3 Å². The van der Waals surface area contributed by atoms with Crippen LogP contribution >= 0.6 is 11.3 Å². The molecular weight excluding hydrogens is 284 g/mol. The number of methoxy groups -OCH3 is 2. The minimum atomic E-state index is 0.0171. The molecule has 0 radical (unpaired) electrons. The average Bonchev–Trinajstić information content (AvgIpc) is 3.24. The summed E-state index contributed by atoms with van der Waals surface area (Å²) in [6, 6.07) is 5.88. The standard InChI is InChI=1S/C16H20N2O2S/c1-9(17)15-13(10-7-8-10)18-16(21-15)11-5-4-6-12(19-2)14(11)20-3/h4-6,9-10H,7-8,17H2,1-3H3. The summed E-state index contributed by atoms with van der Waals surface area (Å²) in [7, 11) is 3.30. The molecule has 1 saturated carbocycles. The Balaban J connectivity index is 2.10. The SMILES string of the molecule is COc1cccc(-c2nc(C3CC3)c(C(C)N)s2)c1OC. The number of hydrogen-bond donors (Lipinski definition) is 1. The number of rotatable bonds is 5. The maximum atomic E-state index is 6.11. The van der Waals surface area contributed by atoms with Crippen molar-refractivity contribution in [2.45, 2.75) is 31.7 Å². The quantitative estimate of drug-likeness (QED) is 0.914. The molecular formula is C16H20N2O2S. The van der Waals surface area contributed by atoms with Crippen LogP contribution in [-0.4, -0.2) is 19.2 Å². The van der Waals surface area contributed by atoms with Crippen molar-refractivity contribution in [1.29, 1.82) is 0 Å². The molecule has 0 saturated heterocycles. The van der Waals surface area contributed by atoms with Crippen molar-refractivity contribution in [3.63, 3.8) is 0 Å². The van der Waals surface area contributed by atoms with Gasteiger partial charge in [0.25, 0.3) is 0 Å². The number of hydrogen-bond acceptors (Lipinski definition) is 5. The first-order valence-electron chi connectivity index (χ1n) is 7.13.